The van der Waals surface area contributed by atoms with Gasteiger partial charge in [0.2, 0.25) is 10.0 Å². The lowest BCUT2D eigenvalue weighted by Gasteiger charge is -2.25. The Hall–Kier alpha value is -1.05. The Morgan fingerprint density at radius 2 is 1.88 bits per heavy atom. The van der Waals surface area contributed by atoms with E-state index in [1.807, 2.05) is 13.8 Å². The maximum atomic E-state index is 11.1. The topological polar surface area (TPSA) is 84.0 Å². The molecule has 2 N–H and O–H groups in total. The van der Waals surface area contributed by atoms with Crippen LogP contribution in [-0.2, 0) is 16.6 Å². The second kappa shape index (κ2) is 5.52. The molecule has 7 heteroatoms. The van der Waals surface area contributed by atoms with E-state index in [2.05, 4.69) is 20.0 Å². The zero-order chi connectivity index (χ0) is 12.9. The van der Waals surface area contributed by atoms with E-state index in [0.29, 0.717) is 18.9 Å². The number of nitrogens with zero attached hydrogens (tertiary/aromatic N) is 2. The van der Waals surface area contributed by atoms with Crippen molar-refractivity contribution >= 4 is 10.0 Å². The molecular weight excluding hydrogens is 240 g/mol. The summed E-state index contributed by atoms with van der Waals surface area (Å²) in [7, 11) is -3.20. The first-order chi connectivity index (χ1) is 7.79. The molecular formula is C10H18N4O2S. The highest BCUT2D eigenvalue weighted by atomic mass is 32.2. The third-order valence-corrected chi connectivity index (χ3v) is 2.85. The Morgan fingerprint density at radius 3 is 2.41 bits per heavy atom. The zero-order valence-corrected chi connectivity index (χ0v) is 11.1. The molecule has 0 radical (unpaired) electrons. The average molecular weight is 258 g/mol. The van der Waals surface area contributed by atoms with Crippen LogP contribution < -0.4 is 10.0 Å². The molecule has 0 amide bonds. The van der Waals surface area contributed by atoms with Crippen molar-refractivity contribution in [3.63, 3.8) is 0 Å². The van der Waals surface area contributed by atoms with Gasteiger partial charge in [0.05, 0.1) is 12.8 Å². The lowest BCUT2D eigenvalue weighted by Crippen LogP contribution is -2.49. The van der Waals surface area contributed by atoms with Gasteiger partial charge in [0.15, 0.2) is 0 Å². The Morgan fingerprint density at radius 1 is 1.29 bits per heavy atom. The maximum absolute atomic E-state index is 11.1. The Labute approximate surface area is 102 Å². The maximum Gasteiger partial charge on any atom is 0.209 e. The van der Waals surface area contributed by atoms with Gasteiger partial charge in [0.1, 0.15) is 5.82 Å². The third-order valence-electron chi connectivity index (χ3n) is 1.93. The van der Waals surface area contributed by atoms with E-state index >= 15 is 0 Å². The first-order valence-corrected chi connectivity index (χ1v) is 7.13. The summed E-state index contributed by atoms with van der Waals surface area (Å²) in [6, 6.07) is 1.75. The fourth-order valence-electron chi connectivity index (χ4n) is 1.45. The molecule has 1 heterocycles. The minimum atomic E-state index is -3.20. The molecule has 0 aliphatic carbocycles. The van der Waals surface area contributed by atoms with E-state index in [9.17, 15) is 8.42 Å². The largest absolute Gasteiger partial charge is 0.308 e. The molecule has 0 fully saturated rings. The number of nitrogens with one attached hydrogen (secondary N) is 2. The number of sulfonamides is 1. The highest BCUT2D eigenvalue weighted by molar-refractivity contribution is 7.88. The van der Waals surface area contributed by atoms with Gasteiger partial charge >= 0.3 is 0 Å². The molecule has 0 aliphatic heterocycles. The van der Waals surface area contributed by atoms with Gasteiger partial charge in [-0.3, -0.25) is 0 Å². The third kappa shape index (κ3) is 6.30. The van der Waals surface area contributed by atoms with Gasteiger partial charge in [0.25, 0.3) is 0 Å². The smallest absolute Gasteiger partial charge is 0.209 e. The summed E-state index contributed by atoms with van der Waals surface area (Å²) in [5.74, 6) is 0.683. The quantitative estimate of drug-likeness (QED) is 0.744. The summed E-state index contributed by atoms with van der Waals surface area (Å²) in [5, 5.41) is 3.11. The highest BCUT2D eigenvalue weighted by Crippen LogP contribution is 2.02. The number of hydrogen-bond acceptors (Lipinski definition) is 5. The normalized spacial score (nSPS) is 12.6. The zero-order valence-electron chi connectivity index (χ0n) is 10.3. The van der Waals surface area contributed by atoms with Gasteiger partial charge in [0, 0.05) is 24.5 Å². The van der Waals surface area contributed by atoms with E-state index in [1.54, 1.807) is 18.5 Å². The molecule has 0 saturated carbocycles. The highest BCUT2D eigenvalue weighted by Gasteiger charge is 2.21. The van der Waals surface area contributed by atoms with Crippen molar-refractivity contribution in [2.75, 3.05) is 12.8 Å². The van der Waals surface area contributed by atoms with E-state index in [0.717, 1.165) is 6.26 Å². The van der Waals surface area contributed by atoms with Crippen molar-refractivity contribution in [3.8, 4) is 0 Å². The predicted molar refractivity (Wildman–Crippen MR) is 65.8 cm³/mol. The van der Waals surface area contributed by atoms with Gasteiger partial charge in [-0.2, -0.15) is 0 Å². The fraction of sp³-hybridized carbons (Fsp3) is 0.600. The summed E-state index contributed by atoms with van der Waals surface area (Å²) >= 11 is 0. The molecule has 0 atom stereocenters. The minimum Gasteiger partial charge on any atom is -0.308 e. The number of hydrogen-bond donors (Lipinski definition) is 2. The van der Waals surface area contributed by atoms with Crippen LogP contribution in [0, 0.1) is 0 Å². The van der Waals surface area contributed by atoms with Crippen molar-refractivity contribution in [1.82, 2.24) is 20.0 Å². The second-order valence-electron chi connectivity index (χ2n) is 4.53. The van der Waals surface area contributed by atoms with Crippen LogP contribution in [0.2, 0.25) is 0 Å². The standard InChI is InChI=1S/C10H18N4O2S/c1-10(2,14-17(3,15)16)8-11-7-9-12-5-4-6-13-9/h4-6,11,14H,7-8H2,1-3H3. The molecule has 1 aromatic rings. The van der Waals surface area contributed by atoms with Gasteiger partial charge in [-0.15, -0.1) is 0 Å². The summed E-state index contributed by atoms with van der Waals surface area (Å²) in [4.78, 5) is 8.12. The SMILES string of the molecule is CC(C)(CNCc1ncccn1)NS(C)(=O)=O. The summed E-state index contributed by atoms with van der Waals surface area (Å²) < 4.78 is 24.8. The summed E-state index contributed by atoms with van der Waals surface area (Å²) in [5.41, 5.74) is -0.539. The average Bonchev–Trinajstić information content (AvgIpc) is 2.15. The van der Waals surface area contributed by atoms with Crippen molar-refractivity contribution in [2.45, 2.75) is 25.9 Å². The van der Waals surface area contributed by atoms with E-state index < -0.39 is 15.6 Å². The van der Waals surface area contributed by atoms with Gasteiger partial charge < -0.3 is 5.32 Å². The first-order valence-electron chi connectivity index (χ1n) is 5.24. The van der Waals surface area contributed by atoms with Crippen molar-refractivity contribution in [3.05, 3.63) is 24.3 Å². The molecule has 0 saturated heterocycles. The van der Waals surface area contributed by atoms with Crippen molar-refractivity contribution < 1.29 is 8.42 Å². The second-order valence-corrected chi connectivity index (χ2v) is 6.28. The molecule has 6 nitrogen and oxygen atoms in total. The molecule has 0 spiro atoms. The number of aromatic nitrogens is 2. The molecule has 0 bridgehead atoms. The molecule has 96 valence electrons. The van der Waals surface area contributed by atoms with Crippen LogP contribution >= 0.6 is 0 Å². The molecule has 0 unspecified atom stereocenters. The summed E-state index contributed by atoms with van der Waals surface area (Å²) in [6.07, 6.45) is 4.49. The predicted octanol–water partition coefficient (Wildman–Crippen LogP) is -0.106. The monoisotopic (exact) mass is 258 g/mol. The first kappa shape index (κ1) is 14.0. The van der Waals surface area contributed by atoms with Crippen LogP contribution in [0.4, 0.5) is 0 Å². The number of rotatable bonds is 6. The van der Waals surface area contributed by atoms with Gasteiger partial charge in [-0.05, 0) is 19.9 Å². The minimum absolute atomic E-state index is 0.498. The Bertz CT molecular complexity index is 445. The molecule has 1 aromatic heterocycles. The van der Waals surface area contributed by atoms with Crippen LogP contribution in [0.1, 0.15) is 19.7 Å². The van der Waals surface area contributed by atoms with Crippen molar-refractivity contribution in [1.29, 1.82) is 0 Å². The van der Waals surface area contributed by atoms with Gasteiger partial charge in [-0.25, -0.2) is 23.1 Å². The van der Waals surface area contributed by atoms with E-state index in [-0.39, 0.29) is 0 Å². The lowest BCUT2D eigenvalue weighted by molar-refractivity contribution is 0.418. The van der Waals surface area contributed by atoms with Crippen molar-refractivity contribution in [2.24, 2.45) is 0 Å². The van der Waals surface area contributed by atoms with Crippen LogP contribution in [0.5, 0.6) is 0 Å². The summed E-state index contributed by atoms with van der Waals surface area (Å²) in [6.45, 7) is 4.63. The lowest BCUT2D eigenvalue weighted by atomic mass is 10.1. The molecule has 0 aromatic carbocycles. The van der Waals surface area contributed by atoms with E-state index in [4.69, 9.17) is 0 Å². The molecule has 1 rings (SSSR count). The van der Waals surface area contributed by atoms with Crippen LogP contribution in [0.25, 0.3) is 0 Å². The Balaban J connectivity index is 2.40. The van der Waals surface area contributed by atoms with E-state index in [1.165, 1.54) is 0 Å². The fourth-order valence-corrected chi connectivity index (χ4v) is 2.52. The van der Waals surface area contributed by atoms with Crippen LogP contribution in [0.15, 0.2) is 18.5 Å². The van der Waals surface area contributed by atoms with Crippen LogP contribution in [-0.4, -0.2) is 36.7 Å². The molecule has 17 heavy (non-hydrogen) atoms. The Kier molecular flexibility index (Phi) is 4.55. The molecule has 0 aliphatic rings. The van der Waals surface area contributed by atoms with Crippen LogP contribution in [0.3, 0.4) is 0 Å². The van der Waals surface area contributed by atoms with Gasteiger partial charge in [-0.1, -0.05) is 0 Å².